The number of carbonyl (C=O) groups excluding carboxylic acids is 10. The summed E-state index contributed by atoms with van der Waals surface area (Å²) in [6, 6.07) is 22.4. The number of nitrogens with one attached hydrogen (secondary N) is 12. The summed E-state index contributed by atoms with van der Waals surface area (Å²) < 4.78 is 0. The van der Waals surface area contributed by atoms with Gasteiger partial charge in [0.2, 0.25) is 59.1 Å². The Morgan fingerprint density at radius 2 is 0.838 bits per heavy atom. The van der Waals surface area contributed by atoms with Crippen molar-refractivity contribution in [2.24, 2.45) is 11.5 Å². The number of carboxylic acid groups (broad SMARTS) is 1. The summed E-state index contributed by atoms with van der Waals surface area (Å²) in [5.74, 6) is -11.9. The van der Waals surface area contributed by atoms with Crippen LogP contribution in [0.3, 0.4) is 0 Å². The van der Waals surface area contributed by atoms with Gasteiger partial charge in [0.05, 0.1) is 24.9 Å². The van der Waals surface area contributed by atoms with Crippen LogP contribution in [0.25, 0.3) is 10.9 Å². The van der Waals surface area contributed by atoms with Crippen molar-refractivity contribution in [1.82, 2.24) is 63.5 Å². The molecule has 1 aliphatic heterocycles. The van der Waals surface area contributed by atoms with E-state index in [4.69, 9.17) is 11.5 Å². The number of hydrogen-bond acceptors (Lipinski definition) is 19. The number of fused-ring (bicyclic) bond motifs is 1. The SMILES string of the molecule is CC(C)NCc1ccc(CC2NC(=O)C(Cc3c[nH]c4ccccc34)NC(=O)[C@H](Cc3ccccc3)NC(=O)C(Cc3ccccc3)NC(=O)[C@H](CCCCN)NC(=O)[C@@H](N)CSSC[C@@H](C(=O)O)NC(=O)[C@H](CO)NC(=O)C([C@@H](C)O)NC(=O)[C@H](Cc3ccccc3)NC(=O)C([C@@H](C)O)NC2=O)cc1. The zero-order valence-corrected chi connectivity index (χ0v) is 60.5. The quantitative estimate of drug-likeness (QED) is 0.0325. The van der Waals surface area contributed by atoms with Gasteiger partial charge in [-0.1, -0.05) is 169 Å². The maximum atomic E-state index is 15.5. The van der Waals surface area contributed by atoms with E-state index in [2.05, 4.69) is 63.5 Å². The van der Waals surface area contributed by atoms with Gasteiger partial charge in [-0.15, -0.1) is 0 Å². The molecule has 1 saturated heterocycles. The van der Waals surface area contributed by atoms with Crippen LogP contribution in [-0.4, -0.2) is 200 Å². The Balaban J connectivity index is 1.31. The Morgan fingerprint density at radius 3 is 1.29 bits per heavy atom. The van der Waals surface area contributed by atoms with Crippen molar-refractivity contribution in [3.63, 3.8) is 0 Å². The van der Waals surface area contributed by atoms with Crippen LogP contribution in [0.5, 0.6) is 0 Å². The Kier molecular flexibility index (Phi) is 32.8. The molecule has 105 heavy (non-hydrogen) atoms. The van der Waals surface area contributed by atoms with Gasteiger partial charge in [0.1, 0.15) is 60.4 Å². The lowest BCUT2D eigenvalue weighted by Crippen LogP contribution is -2.63. The fourth-order valence-electron chi connectivity index (χ4n) is 11.4. The molecule has 0 radical (unpaired) electrons. The van der Waals surface area contributed by atoms with E-state index in [1.165, 1.54) is 6.92 Å². The molecule has 29 nitrogen and oxygen atoms in total. The van der Waals surface area contributed by atoms with Crippen LogP contribution in [-0.2, 0) is 91.4 Å². The Morgan fingerprint density at radius 1 is 0.457 bits per heavy atom. The Labute approximate surface area is 616 Å². The molecule has 13 atom stereocenters. The summed E-state index contributed by atoms with van der Waals surface area (Å²) in [7, 11) is 1.84. The van der Waals surface area contributed by atoms with E-state index in [-0.39, 0.29) is 62.6 Å². The molecule has 31 heteroatoms. The van der Waals surface area contributed by atoms with Crippen LogP contribution in [0, 0.1) is 0 Å². The van der Waals surface area contributed by atoms with Crippen LogP contribution >= 0.6 is 21.6 Å². The number of aromatic amines is 1. The first-order chi connectivity index (χ1) is 50.3. The lowest BCUT2D eigenvalue weighted by molar-refractivity contribution is -0.142. The number of carboxylic acids is 1. The van der Waals surface area contributed by atoms with Gasteiger partial charge in [-0.3, -0.25) is 47.9 Å². The normalized spacial score (nSPS) is 23.8. The summed E-state index contributed by atoms with van der Waals surface area (Å²) in [4.78, 5) is 163. The minimum absolute atomic E-state index is 0.0300. The maximum Gasteiger partial charge on any atom is 0.327 e. The molecule has 0 spiro atoms. The third-order valence-corrected chi connectivity index (χ3v) is 19.8. The molecule has 7 rings (SSSR count). The van der Waals surface area contributed by atoms with Crippen LogP contribution < -0.4 is 70.0 Å². The largest absolute Gasteiger partial charge is 0.480 e. The van der Waals surface area contributed by atoms with Crippen molar-refractivity contribution in [3.05, 3.63) is 179 Å². The molecule has 564 valence electrons. The number of para-hydroxylation sites is 1. The van der Waals surface area contributed by atoms with Gasteiger partial charge in [-0.05, 0) is 79.1 Å². The zero-order chi connectivity index (χ0) is 76.1. The number of unbranched alkanes of at least 4 members (excludes halogenated alkanes) is 1. The fraction of sp³-hybridized carbons (Fsp3) is 0.419. The molecule has 5 aromatic carbocycles. The number of amides is 10. The third kappa shape index (κ3) is 26.1. The number of aliphatic hydroxyl groups is 3. The summed E-state index contributed by atoms with van der Waals surface area (Å²) >= 11 is 0. The van der Waals surface area contributed by atoms with E-state index in [0.717, 1.165) is 34.1 Å². The topological polar surface area (TPSA) is 469 Å². The van der Waals surface area contributed by atoms with Gasteiger partial charge < -0.3 is 95.4 Å². The molecule has 1 fully saturated rings. The molecule has 5 unspecified atom stereocenters. The number of rotatable bonds is 21. The highest BCUT2D eigenvalue weighted by Crippen LogP contribution is 2.24. The second kappa shape index (κ2) is 41.7. The van der Waals surface area contributed by atoms with Gasteiger partial charge in [0.25, 0.3) is 0 Å². The number of aromatic nitrogens is 1. The van der Waals surface area contributed by atoms with Crippen molar-refractivity contribution in [1.29, 1.82) is 0 Å². The lowest BCUT2D eigenvalue weighted by atomic mass is 9.99. The average molecular weight is 1490 g/mol. The van der Waals surface area contributed by atoms with Crippen molar-refractivity contribution >= 4 is 97.5 Å². The van der Waals surface area contributed by atoms with Gasteiger partial charge in [-0.2, -0.15) is 0 Å². The number of carbonyl (C=O) groups is 11. The Bertz CT molecular complexity index is 3880. The molecular weight excluding hydrogens is 1390 g/mol. The maximum absolute atomic E-state index is 15.5. The molecular formula is C74H96N14O15S2. The van der Waals surface area contributed by atoms with Crippen molar-refractivity contribution < 1.29 is 73.2 Å². The van der Waals surface area contributed by atoms with E-state index in [0.29, 0.717) is 58.1 Å². The van der Waals surface area contributed by atoms with Gasteiger partial charge in [0, 0.05) is 73.3 Å². The van der Waals surface area contributed by atoms with Crippen LogP contribution in [0.15, 0.2) is 146 Å². The summed E-state index contributed by atoms with van der Waals surface area (Å²) in [5.41, 5.74) is 16.5. The molecule has 1 aliphatic rings. The molecule has 1 aromatic heterocycles. The van der Waals surface area contributed by atoms with E-state index >= 15 is 19.2 Å². The first-order valence-electron chi connectivity index (χ1n) is 34.7. The van der Waals surface area contributed by atoms with E-state index in [1.807, 2.05) is 38.1 Å². The Hall–Kier alpha value is -9.73. The summed E-state index contributed by atoms with van der Waals surface area (Å²) in [5, 5.41) is 73.1. The van der Waals surface area contributed by atoms with Gasteiger partial charge in [-0.25, -0.2) is 4.79 Å². The van der Waals surface area contributed by atoms with Gasteiger partial charge in [0.15, 0.2) is 0 Å². The second-order valence-electron chi connectivity index (χ2n) is 26.1. The predicted octanol–water partition coefficient (Wildman–Crippen LogP) is -0.283. The molecule has 0 bridgehead atoms. The minimum Gasteiger partial charge on any atom is -0.480 e. The third-order valence-electron chi connectivity index (χ3n) is 17.3. The number of nitrogens with two attached hydrogens (primary N) is 2. The second-order valence-corrected chi connectivity index (χ2v) is 28.7. The van der Waals surface area contributed by atoms with E-state index in [9.17, 15) is 54.0 Å². The minimum atomic E-state index is -1.91. The van der Waals surface area contributed by atoms with E-state index < -0.39 is 150 Å². The average Bonchev–Trinajstić information content (AvgIpc) is 1.78. The molecule has 10 amide bonds. The number of benzene rings is 5. The van der Waals surface area contributed by atoms with Crippen LogP contribution in [0.2, 0.25) is 0 Å². The fourth-order valence-corrected chi connectivity index (χ4v) is 13.7. The monoisotopic (exact) mass is 1480 g/mol. The van der Waals surface area contributed by atoms with Gasteiger partial charge >= 0.3 is 5.97 Å². The number of aliphatic hydroxyl groups excluding tert-OH is 3. The number of hydrogen-bond donors (Lipinski definition) is 18. The lowest BCUT2D eigenvalue weighted by Gasteiger charge is -2.29. The van der Waals surface area contributed by atoms with Crippen molar-refractivity contribution in [3.8, 4) is 0 Å². The van der Waals surface area contributed by atoms with Crippen molar-refractivity contribution in [2.45, 2.75) is 170 Å². The highest BCUT2D eigenvalue weighted by molar-refractivity contribution is 8.76. The molecule has 20 N–H and O–H groups in total. The smallest absolute Gasteiger partial charge is 0.327 e. The molecule has 2 heterocycles. The standard InChI is InChI=1S/C74H96N14O15S2/c1-42(2)77-37-49-29-27-48(28-30-49)35-57-69(97)87-62(43(3)90)72(100)84-58(34-47-22-12-7-13-23-47)70(98)88-63(44(4)91)73(101)85-60(39-89)71(99)86-61(74(102)103)41-105-104-40-52(76)64(92)79-54(26-16-17-31-75)65(93)80-55(32-45-18-8-5-9-19-45)66(94)81-56(33-46-20-10-6-11-21-46)67(95)83-59(68(96)82-57)36-50-38-78-53-25-15-14-24-51(50)53/h5-15,18-25,27-30,38,42-44,52,54-63,77-78,89-91H,16-17,26,31-37,39-41,75-76H2,1-4H3,(H,79,92)(H,80,93)(H,81,94)(H,82,96)(H,83,95)(H,84,100)(H,85,101)(H,86,99)(H,87,97)(H,88,98)(H,102,103)/t43-,44-,52+,54+,55?,56+,57?,58+,59?,60+,61+,62?,63?/m1/s1. The van der Waals surface area contributed by atoms with Crippen LogP contribution in [0.1, 0.15) is 80.3 Å². The summed E-state index contributed by atoms with van der Waals surface area (Å²) in [6.45, 7) is 5.92. The van der Waals surface area contributed by atoms with Crippen LogP contribution in [0.4, 0.5) is 0 Å². The highest BCUT2D eigenvalue weighted by Gasteiger charge is 2.39. The number of H-pyrrole nitrogens is 1. The van der Waals surface area contributed by atoms with Crippen molar-refractivity contribution in [2.75, 3.05) is 24.7 Å². The predicted molar refractivity (Wildman–Crippen MR) is 398 cm³/mol. The first-order valence-corrected chi connectivity index (χ1v) is 37.2. The molecule has 6 aromatic rings. The number of aliphatic carboxylic acids is 1. The first kappa shape index (κ1) is 82.6. The zero-order valence-electron chi connectivity index (χ0n) is 58.9. The van der Waals surface area contributed by atoms with E-state index in [1.54, 1.807) is 121 Å². The summed E-state index contributed by atoms with van der Waals surface area (Å²) in [6.07, 6.45) is -2.02. The molecule has 0 saturated carbocycles. The molecule has 0 aliphatic carbocycles. The highest BCUT2D eigenvalue weighted by atomic mass is 33.1.